The number of benzene rings is 1. The fourth-order valence-corrected chi connectivity index (χ4v) is 6.49. The molecule has 0 spiro atoms. The van der Waals surface area contributed by atoms with E-state index in [1.54, 1.807) is 44.2 Å². The van der Waals surface area contributed by atoms with Gasteiger partial charge in [0.25, 0.3) is 0 Å². The number of hydrogen-bond acceptors (Lipinski definition) is 10. The number of carbonyl (C=O) groups excluding carboxylic acids is 4. The number of anilines is 1. The van der Waals surface area contributed by atoms with Gasteiger partial charge in [-0.25, -0.2) is 9.59 Å². The van der Waals surface area contributed by atoms with Gasteiger partial charge in [-0.3, -0.25) is 14.9 Å². The van der Waals surface area contributed by atoms with Crippen LogP contribution in [0.2, 0.25) is 5.02 Å². The van der Waals surface area contributed by atoms with E-state index in [0.717, 1.165) is 16.0 Å². The van der Waals surface area contributed by atoms with Gasteiger partial charge in [0.05, 0.1) is 36.4 Å². The Bertz CT molecular complexity index is 1450. The predicted molar refractivity (Wildman–Crippen MR) is 171 cm³/mol. The number of alkyl carbamates (subject to hydrolysis) is 1. The average molecular weight is 678 g/mol. The summed E-state index contributed by atoms with van der Waals surface area (Å²) in [7, 11) is 2.96. The molecule has 1 aromatic carbocycles. The second-order valence-corrected chi connectivity index (χ2v) is 13.3. The first-order valence-electron chi connectivity index (χ1n) is 15.5. The lowest BCUT2D eigenvalue weighted by Gasteiger charge is -2.42. The molecule has 8 atom stereocenters. The molecule has 13 nitrogen and oxygen atoms in total. The van der Waals surface area contributed by atoms with Crippen molar-refractivity contribution in [3.63, 3.8) is 0 Å². The van der Waals surface area contributed by atoms with Gasteiger partial charge in [0.1, 0.15) is 23.9 Å². The lowest BCUT2D eigenvalue weighted by Crippen LogP contribution is -2.62. The Morgan fingerprint density at radius 1 is 1.32 bits per heavy atom. The van der Waals surface area contributed by atoms with Gasteiger partial charge < -0.3 is 39.3 Å². The van der Waals surface area contributed by atoms with Crippen LogP contribution in [0.4, 0.5) is 10.5 Å². The second-order valence-electron chi connectivity index (χ2n) is 12.9. The molecule has 47 heavy (non-hydrogen) atoms. The standard InChI is InChI=1S/C33H44ClN3O10/c1-18-8-7-9-23(16-39)33(44)14-25(45-31(43)35-33)19(2)29-32(4,47-29)26(46-30(42)20(3)36(5)17-40)13-27(41)37(6)24-12-21(10-18)11-22(15-38)28(24)34/h7-9,11-12,17,19-20,23,25-26,29,38-39,44H,10,13-16H2,1-6H3,(H,35,43)/b9-7+,18-8+/t19-,20+,23+,25+,26+,29+,32+,33+/m1/s1. The van der Waals surface area contributed by atoms with E-state index in [-0.39, 0.29) is 24.5 Å². The molecular formula is C33H44ClN3O10. The van der Waals surface area contributed by atoms with Crippen molar-refractivity contribution in [2.24, 2.45) is 11.8 Å². The Balaban J connectivity index is 1.80. The van der Waals surface area contributed by atoms with E-state index in [4.69, 9.17) is 25.8 Å². The molecule has 14 heteroatoms. The van der Waals surface area contributed by atoms with Crippen LogP contribution in [0, 0.1) is 11.8 Å². The van der Waals surface area contributed by atoms with Crippen molar-refractivity contribution in [3.8, 4) is 0 Å². The number of ether oxygens (including phenoxy) is 3. The minimum atomic E-state index is -1.85. The summed E-state index contributed by atoms with van der Waals surface area (Å²) in [5.41, 5.74) is -0.676. The number of nitrogens with one attached hydrogen (secondary N) is 1. The molecule has 4 rings (SSSR count). The number of likely N-dealkylation sites (N-methyl/N-ethyl adjacent to an activating group) is 1. The Kier molecular flexibility index (Phi) is 11.1. The van der Waals surface area contributed by atoms with Crippen LogP contribution in [0.5, 0.6) is 0 Å². The van der Waals surface area contributed by atoms with Crippen LogP contribution in [-0.4, -0.2) is 101 Å². The highest BCUT2D eigenvalue weighted by molar-refractivity contribution is 6.34. The molecule has 0 radical (unpaired) electrons. The maximum Gasteiger partial charge on any atom is 0.409 e. The SMILES string of the molecule is C/C1=C\C=C\[C@@H](CO)[C@@]2(O)C[C@H](OC(=O)N2)[C@@H](C)[C@@H]2O[C@@]2(C)[C@@H](OC(=O)[C@H](C)N(C)C=O)CC(=O)N(C)c2cc(cc(CO)c2Cl)C1. The molecule has 0 aliphatic carbocycles. The van der Waals surface area contributed by atoms with Crippen LogP contribution in [0.3, 0.4) is 0 Å². The number of nitrogens with zero attached hydrogens (tertiary/aromatic N) is 2. The molecule has 3 aliphatic rings. The number of carbonyl (C=O) groups is 4. The van der Waals surface area contributed by atoms with Gasteiger partial charge in [-0.1, -0.05) is 48.4 Å². The molecule has 1 aromatic rings. The maximum absolute atomic E-state index is 13.9. The molecule has 4 bridgehead atoms. The Labute approximate surface area is 279 Å². The zero-order valence-corrected chi connectivity index (χ0v) is 28.2. The molecule has 0 unspecified atom stereocenters. The summed E-state index contributed by atoms with van der Waals surface area (Å²) in [6, 6.07) is 2.52. The molecule has 3 heterocycles. The Morgan fingerprint density at radius 3 is 2.66 bits per heavy atom. The lowest BCUT2D eigenvalue weighted by atomic mass is 9.81. The monoisotopic (exact) mass is 677 g/mol. The van der Waals surface area contributed by atoms with Gasteiger partial charge in [0.15, 0.2) is 5.72 Å². The van der Waals surface area contributed by atoms with Gasteiger partial charge in [-0.2, -0.15) is 0 Å². The molecule has 4 N–H and O–H groups in total. The summed E-state index contributed by atoms with van der Waals surface area (Å²) < 4.78 is 17.6. The molecule has 2 fully saturated rings. The lowest BCUT2D eigenvalue weighted by molar-refractivity contribution is -0.160. The van der Waals surface area contributed by atoms with E-state index in [2.05, 4.69) is 5.32 Å². The first-order chi connectivity index (χ1) is 22.1. The van der Waals surface area contributed by atoms with E-state index in [0.29, 0.717) is 24.1 Å². The highest BCUT2D eigenvalue weighted by atomic mass is 35.5. The van der Waals surface area contributed by atoms with Gasteiger partial charge in [0, 0.05) is 32.4 Å². The quantitative estimate of drug-likeness (QED) is 0.198. The zero-order valence-electron chi connectivity index (χ0n) is 27.4. The highest BCUT2D eigenvalue weighted by Crippen LogP contribution is 2.49. The van der Waals surface area contributed by atoms with Crippen molar-refractivity contribution in [1.29, 1.82) is 0 Å². The summed E-state index contributed by atoms with van der Waals surface area (Å²) in [4.78, 5) is 53.6. The fourth-order valence-electron chi connectivity index (χ4n) is 6.19. The first kappa shape index (κ1) is 36.3. The normalized spacial score (nSPS) is 33.7. The number of fused-ring (bicyclic) bond motifs is 5. The topological polar surface area (TPSA) is 178 Å². The molecule has 0 aromatic heterocycles. The number of esters is 1. The minimum absolute atomic E-state index is 0.0876. The predicted octanol–water partition coefficient (Wildman–Crippen LogP) is 2.22. The van der Waals surface area contributed by atoms with Crippen molar-refractivity contribution < 1.29 is 48.7 Å². The number of hydrogen-bond donors (Lipinski definition) is 4. The van der Waals surface area contributed by atoms with Crippen LogP contribution >= 0.6 is 11.6 Å². The second kappa shape index (κ2) is 14.3. The summed E-state index contributed by atoms with van der Waals surface area (Å²) in [6.07, 6.45) is 2.01. The van der Waals surface area contributed by atoms with Gasteiger partial charge in [0.2, 0.25) is 12.3 Å². The van der Waals surface area contributed by atoms with E-state index in [1.165, 1.54) is 25.9 Å². The van der Waals surface area contributed by atoms with Crippen LogP contribution in [0.25, 0.3) is 0 Å². The number of rotatable bonds is 6. The molecule has 258 valence electrons. The Morgan fingerprint density at radius 2 is 2.02 bits per heavy atom. The zero-order chi connectivity index (χ0) is 34.8. The average Bonchev–Trinajstić information content (AvgIpc) is 3.73. The molecule has 2 saturated heterocycles. The number of halogens is 1. The van der Waals surface area contributed by atoms with Crippen LogP contribution in [0.1, 0.15) is 51.7 Å². The van der Waals surface area contributed by atoms with Gasteiger partial charge >= 0.3 is 12.1 Å². The third-order valence-corrected chi connectivity index (χ3v) is 9.97. The van der Waals surface area contributed by atoms with Gasteiger partial charge in [-0.05, 0) is 44.4 Å². The molecule has 3 aliphatic heterocycles. The van der Waals surface area contributed by atoms with E-state index >= 15 is 0 Å². The van der Waals surface area contributed by atoms with Crippen LogP contribution in [-0.2, 0) is 41.6 Å². The van der Waals surface area contributed by atoms with Crippen LogP contribution in [0.15, 0.2) is 35.9 Å². The van der Waals surface area contributed by atoms with Crippen molar-refractivity contribution in [2.75, 3.05) is 25.6 Å². The number of aliphatic hydroxyl groups is 3. The van der Waals surface area contributed by atoms with Crippen molar-refractivity contribution in [3.05, 3.63) is 52.1 Å². The molecule has 3 amide bonds. The van der Waals surface area contributed by atoms with Crippen molar-refractivity contribution in [1.82, 2.24) is 10.2 Å². The number of epoxide rings is 1. The fraction of sp³-hybridized carbons (Fsp3) is 0.576. The summed E-state index contributed by atoms with van der Waals surface area (Å²) in [5.74, 6) is -2.66. The largest absolute Gasteiger partial charge is 0.457 e. The Hall–Kier alpha value is -3.49. The summed E-state index contributed by atoms with van der Waals surface area (Å²) in [5, 5.41) is 34.5. The number of aliphatic hydroxyl groups excluding tert-OH is 2. The summed E-state index contributed by atoms with van der Waals surface area (Å²) >= 11 is 6.65. The summed E-state index contributed by atoms with van der Waals surface area (Å²) in [6.45, 7) is 5.96. The van der Waals surface area contributed by atoms with E-state index in [9.17, 15) is 34.5 Å². The third kappa shape index (κ3) is 7.65. The van der Waals surface area contributed by atoms with Crippen LogP contribution < -0.4 is 10.2 Å². The minimum Gasteiger partial charge on any atom is -0.457 e. The van der Waals surface area contributed by atoms with Gasteiger partial charge in [-0.15, -0.1) is 0 Å². The van der Waals surface area contributed by atoms with E-state index in [1.807, 2.05) is 6.92 Å². The molecule has 0 saturated carbocycles. The number of allylic oxidation sites excluding steroid dienone is 3. The highest BCUT2D eigenvalue weighted by Gasteiger charge is 2.64. The maximum atomic E-state index is 13.9. The van der Waals surface area contributed by atoms with Crippen molar-refractivity contribution in [2.45, 2.75) is 89.2 Å². The third-order valence-electron chi connectivity index (χ3n) is 9.53. The van der Waals surface area contributed by atoms with Crippen molar-refractivity contribution >= 4 is 41.7 Å². The van der Waals surface area contributed by atoms with E-state index < -0.39 is 72.1 Å². The number of amides is 3. The molecular weight excluding hydrogens is 634 g/mol. The first-order valence-corrected chi connectivity index (χ1v) is 15.9. The smallest absolute Gasteiger partial charge is 0.409 e.